The van der Waals surface area contributed by atoms with Crippen LogP contribution in [0, 0.1) is 0 Å². The van der Waals surface area contributed by atoms with E-state index in [9.17, 15) is 0 Å². The molecule has 0 N–H and O–H groups in total. The van der Waals surface area contributed by atoms with Crippen molar-refractivity contribution in [3.05, 3.63) is 79.1 Å². The lowest BCUT2D eigenvalue weighted by atomic mass is 10.3. The minimum absolute atomic E-state index is 0.369. The maximum Gasteiger partial charge on any atom is 0.156 e. The van der Waals surface area contributed by atoms with E-state index < -0.39 is 0 Å². The van der Waals surface area contributed by atoms with Gasteiger partial charge in [-0.25, -0.2) is 0 Å². The molecule has 0 aliphatic heterocycles. The number of hydrogen-bond donors (Lipinski definition) is 0. The lowest BCUT2D eigenvalue weighted by molar-refractivity contribution is 0.320. The van der Waals surface area contributed by atoms with Gasteiger partial charge in [-0.3, -0.25) is 0 Å². The number of hydrogen-bond acceptors (Lipinski definition) is 3. The van der Waals surface area contributed by atoms with Crippen LogP contribution in [0.2, 0.25) is 30.1 Å². The summed E-state index contributed by atoms with van der Waals surface area (Å²) >= 11 is 35.9. The second-order valence-electron chi connectivity index (χ2n) is 5.55. The summed E-state index contributed by atoms with van der Waals surface area (Å²) in [5.41, 5.74) is 0. The molecular formula is C20H16Cl6O3. The normalized spacial score (nSPS) is 11.4. The number of rotatable bonds is 10. The molecule has 0 amide bonds. The Balaban J connectivity index is 1.62. The molecule has 0 saturated carbocycles. The van der Waals surface area contributed by atoms with Crippen LogP contribution in [0.3, 0.4) is 0 Å². The summed E-state index contributed by atoms with van der Waals surface area (Å²) in [4.78, 5) is 0. The summed E-state index contributed by atoms with van der Waals surface area (Å²) in [6.45, 7) is 0.780. The van der Waals surface area contributed by atoms with Crippen LogP contribution in [0.5, 0.6) is 11.5 Å². The van der Waals surface area contributed by atoms with Crippen molar-refractivity contribution < 1.29 is 14.2 Å². The summed E-state index contributed by atoms with van der Waals surface area (Å²) < 4.78 is 16.4. The topological polar surface area (TPSA) is 27.7 Å². The molecule has 2 rings (SSSR count). The van der Waals surface area contributed by atoms with Gasteiger partial charge in [0.15, 0.2) is 11.5 Å². The first-order valence-corrected chi connectivity index (χ1v) is 10.7. The SMILES string of the molecule is Clc1cc(Cl)c(OCCC=COC=CCCOc2c(Cl)cc(Cl)cc2Cl)c(Cl)c1. The van der Waals surface area contributed by atoms with Crippen molar-refractivity contribution in [3.63, 3.8) is 0 Å². The Morgan fingerprint density at radius 2 is 0.931 bits per heavy atom. The van der Waals surface area contributed by atoms with Gasteiger partial charge in [-0.05, 0) is 36.4 Å². The van der Waals surface area contributed by atoms with E-state index in [1.54, 1.807) is 36.8 Å². The fourth-order valence-corrected chi connectivity index (χ4v) is 3.94. The smallest absolute Gasteiger partial charge is 0.156 e. The number of halogens is 6. The first-order chi connectivity index (χ1) is 13.9. The zero-order valence-corrected chi connectivity index (χ0v) is 19.5. The molecule has 29 heavy (non-hydrogen) atoms. The standard InChI is InChI=1S/C20H16Cl6O3/c21-13-9-15(23)19(16(24)10-13)28-7-3-1-5-27-6-2-4-8-29-20-17(25)11-14(22)12-18(20)26/h1-2,5-6,9-12H,3-4,7-8H2. The molecule has 0 saturated heterocycles. The molecule has 0 unspecified atom stereocenters. The Kier molecular flexibility index (Phi) is 10.6. The molecule has 2 aromatic carbocycles. The summed E-state index contributed by atoms with van der Waals surface area (Å²) in [6.07, 6.45) is 7.95. The fourth-order valence-electron chi connectivity index (χ4n) is 2.08. The summed E-state index contributed by atoms with van der Waals surface area (Å²) in [7, 11) is 0. The highest BCUT2D eigenvalue weighted by Crippen LogP contribution is 2.36. The molecule has 0 radical (unpaired) electrons. The number of ether oxygens (including phenoxy) is 3. The Bertz CT molecular complexity index is 765. The van der Waals surface area contributed by atoms with E-state index in [1.807, 2.05) is 12.2 Å². The summed E-state index contributed by atoms with van der Waals surface area (Å²) in [5.74, 6) is 0.820. The van der Waals surface area contributed by atoms with Crippen LogP contribution < -0.4 is 9.47 Å². The van der Waals surface area contributed by atoms with Crippen molar-refractivity contribution >= 4 is 69.6 Å². The molecule has 0 aromatic heterocycles. The lowest BCUT2D eigenvalue weighted by Crippen LogP contribution is -1.97. The van der Waals surface area contributed by atoms with Crippen LogP contribution >= 0.6 is 69.6 Å². The van der Waals surface area contributed by atoms with Gasteiger partial charge in [0.2, 0.25) is 0 Å². The van der Waals surface area contributed by atoms with Crippen molar-refractivity contribution in [2.24, 2.45) is 0 Å². The molecule has 0 heterocycles. The lowest BCUT2D eigenvalue weighted by Gasteiger charge is -2.09. The van der Waals surface area contributed by atoms with Gasteiger partial charge < -0.3 is 14.2 Å². The van der Waals surface area contributed by atoms with Gasteiger partial charge in [0, 0.05) is 22.9 Å². The van der Waals surface area contributed by atoms with Crippen LogP contribution in [-0.2, 0) is 4.74 Å². The van der Waals surface area contributed by atoms with Crippen molar-refractivity contribution in [2.75, 3.05) is 13.2 Å². The third-order valence-corrected chi connectivity index (χ3v) is 4.90. The molecule has 0 fully saturated rings. The van der Waals surface area contributed by atoms with Crippen LogP contribution in [0.4, 0.5) is 0 Å². The molecule has 0 atom stereocenters. The van der Waals surface area contributed by atoms with E-state index in [2.05, 4.69) is 0 Å². The van der Waals surface area contributed by atoms with Gasteiger partial charge in [0.1, 0.15) is 0 Å². The largest absolute Gasteiger partial charge is 0.490 e. The zero-order chi connectivity index (χ0) is 21.2. The molecule has 0 aliphatic carbocycles. The minimum atomic E-state index is 0.369. The van der Waals surface area contributed by atoms with Crippen molar-refractivity contribution in [2.45, 2.75) is 12.8 Å². The number of benzene rings is 2. The highest BCUT2D eigenvalue weighted by atomic mass is 35.5. The fraction of sp³-hybridized carbons (Fsp3) is 0.200. The monoisotopic (exact) mass is 514 g/mol. The summed E-state index contributed by atoms with van der Waals surface area (Å²) in [5, 5.41) is 2.39. The predicted octanol–water partition coefficient (Wildman–Crippen LogP) is 8.89. The molecule has 0 spiro atoms. The highest BCUT2D eigenvalue weighted by molar-refractivity contribution is 6.40. The third-order valence-electron chi connectivity index (χ3n) is 3.34. The molecular weight excluding hydrogens is 501 g/mol. The van der Waals surface area contributed by atoms with Crippen LogP contribution in [-0.4, -0.2) is 13.2 Å². The highest BCUT2D eigenvalue weighted by Gasteiger charge is 2.09. The average Bonchev–Trinajstić information content (AvgIpc) is 2.63. The van der Waals surface area contributed by atoms with Crippen LogP contribution in [0.25, 0.3) is 0 Å². The van der Waals surface area contributed by atoms with Gasteiger partial charge in [-0.1, -0.05) is 69.6 Å². The van der Waals surface area contributed by atoms with Gasteiger partial charge in [-0.15, -0.1) is 0 Å². The van der Waals surface area contributed by atoms with Gasteiger partial charge in [0.25, 0.3) is 0 Å². The zero-order valence-electron chi connectivity index (χ0n) is 14.9. The maximum atomic E-state index is 6.04. The Morgan fingerprint density at radius 1 is 0.586 bits per heavy atom. The average molecular weight is 517 g/mol. The molecule has 9 heteroatoms. The molecule has 2 aromatic rings. The Morgan fingerprint density at radius 3 is 1.28 bits per heavy atom. The summed E-state index contributed by atoms with van der Waals surface area (Å²) in [6, 6.07) is 6.30. The van der Waals surface area contributed by atoms with E-state index in [4.69, 9.17) is 83.8 Å². The van der Waals surface area contributed by atoms with Gasteiger partial charge in [-0.2, -0.15) is 0 Å². The van der Waals surface area contributed by atoms with Crippen molar-refractivity contribution in [1.82, 2.24) is 0 Å². The molecule has 156 valence electrons. The first-order valence-electron chi connectivity index (χ1n) is 8.38. The quantitative estimate of drug-likeness (QED) is 0.233. The van der Waals surface area contributed by atoms with Gasteiger partial charge >= 0.3 is 0 Å². The minimum Gasteiger partial charge on any atom is -0.490 e. The first kappa shape index (κ1) is 24.3. The second-order valence-corrected chi connectivity index (χ2v) is 8.05. The molecule has 3 nitrogen and oxygen atoms in total. The van der Waals surface area contributed by atoms with E-state index in [0.29, 0.717) is 67.7 Å². The molecule has 0 bridgehead atoms. The van der Waals surface area contributed by atoms with E-state index >= 15 is 0 Å². The second kappa shape index (κ2) is 12.7. The third kappa shape index (κ3) is 8.37. The Hall–Kier alpha value is -0.940. The van der Waals surface area contributed by atoms with Crippen molar-refractivity contribution in [1.29, 1.82) is 0 Å². The predicted molar refractivity (Wildman–Crippen MR) is 123 cm³/mol. The van der Waals surface area contributed by atoms with Crippen LogP contribution in [0.15, 0.2) is 48.9 Å². The van der Waals surface area contributed by atoms with E-state index in [0.717, 1.165) is 0 Å². The van der Waals surface area contributed by atoms with E-state index in [-0.39, 0.29) is 0 Å². The Labute approximate surface area is 199 Å². The van der Waals surface area contributed by atoms with E-state index in [1.165, 1.54) is 0 Å². The molecule has 0 aliphatic rings. The van der Waals surface area contributed by atoms with Crippen LogP contribution in [0.1, 0.15) is 12.8 Å². The van der Waals surface area contributed by atoms with Gasteiger partial charge in [0.05, 0.1) is 45.8 Å². The van der Waals surface area contributed by atoms with Crippen molar-refractivity contribution in [3.8, 4) is 11.5 Å². The maximum absolute atomic E-state index is 6.04.